The van der Waals surface area contributed by atoms with Crippen molar-refractivity contribution >= 4 is 21.4 Å². The number of primary sulfonamides is 1. The number of sulfonamides is 1. The quantitative estimate of drug-likeness (QED) is 0.747. The molecule has 2 rings (SSSR count). The Bertz CT molecular complexity index is 722. The molecule has 0 spiro atoms. The van der Waals surface area contributed by atoms with Gasteiger partial charge in [0.1, 0.15) is 11.5 Å². The van der Waals surface area contributed by atoms with E-state index < -0.39 is 10.0 Å². The van der Waals surface area contributed by atoms with Gasteiger partial charge in [0, 0.05) is 0 Å². The number of furan rings is 1. The van der Waals surface area contributed by atoms with E-state index in [1.165, 1.54) is 12.1 Å². The standard InChI is InChI=1S/C13H17N3O3S/c1-8-3-6-13(19-8)9(2)16-12-5-4-10(7-11(12)14)20(15,17)18/h3-7,9,16H,14H2,1-2H3,(H2,15,17,18). The van der Waals surface area contributed by atoms with E-state index in [0.717, 1.165) is 11.5 Å². The molecule has 1 unspecified atom stereocenters. The molecule has 20 heavy (non-hydrogen) atoms. The van der Waals surface area contributed by atoms with Crippen LogP contribution in [0, 0.1) is 6.92 Å². The van der Waals surface area contributed by atoms with E-state index in [-0.39, 0.29) is 10.9 Å². The van der Waals surface area contributed by atoms with Gasteiger partial charge in [-0.1, -0.05) is 0 Å². The topological polar surface area (TPSA) is 111 Å². The Labute approximate surface area is 117 Å². The number of nitrogens with two attached hydrogens (primary N) is 2. The molecule has 0 aliphatic carbocycles. The first-order valence-electron chi connectivity index (χ1n) is 6.02. The van der Waals surface area contributed by atoms with Crippen LogP contribution >= 0.6 is 0 Å². The SMILES string of the molecule is Cc1ccc(C(C)Nc2ccc(S(N)(=O)=O)cc2N)o1. The van der Waals surface area contributed by atoms with E-state index in [2.05, 4.69) is 5.32 Å². The van der Waals surface area contributed by atoms with Crippen LogP contribution in [0.3, 0.4) is 0 Å². The molecule has 6 nitrogen and oxygen atoms in total. The fourth-order valence-electron chi connectivity index (χ4n) is 1.84. The fourth-order valence-corrected chi connectivity index (χ4v) is 2.39. The van der Waals surface area contributed by atoms with Crippen molar-refractivity contribution < 1.29 is 12.8 Å². The Kier molecular flexibility index (Phi) is 3.74. The van der Waals surface area contributed by atoms with Crippen molar-refractivity contribution in [3.63, 3.8) is 0 Å². The van der Waals surface area contributed by atoms with Crippen molar-refractivity contribution in [2.75, 3.05) is 11.1 Å². The number of hydrogen-bond acceptors (Lipinski definition) is 5. The second-order valence-corrected chi connectivity index (χ2v) is 6.17. The summed E-state index contributed by atoms with van der Waals surface area (Å²) in [5.41, 5.74) is 6.77. The van der Waals surface area contributed by atoms with Gasteiger partial charge in [0.2, 0.25) is 10.0 Å². The highest BCUT2D eigenvalue weighted by molar-refractivity contribution is 7.89. The average Bonchev–Trinajstić information content (AvgIpc) is 2.77. The van der Waals surface area contributed by atoms with Gasteiger partial charge in [0.05, 0.1) is 22.3 Å². The van der Waals surface area contributed by atoms with Gasteiger partial charge in [-0.3, -0.25) is 0 Å². The van der Waals surface area contributed by atoms with Gasteiger partial charge in [-0.25, -0.2) is 13.6 Å². The molecule has 108 valence electrons. The molecule has 0 fully saturated rings. The maximum atomic E-state index is 11.2. The first-order chi connectivity index (χ1) is 9.27. The molecular weight excluding hydrogens is 278 g/mol. The van der Waals surface area contributed by atoms with Crippen LogP contribution in [0.2, 0.25) is 0 Å². The van der Waals surface area contributed by atoms with Crippen LogP contribution in [-0.4, -0.2) is 8.42 Å². The summed E-state index contributed by atoms with van der Waals surface area (Å²) in [5, 5.41) is 8.22. The molecule has 5 N–H and O–H groups in total. The van der Waals surface area contributed by atoms with E-state index in [1.54, 1.807) is 6.07 Å². The number of benzene rings is 1. The van der Waals surface area contributed by atoms with Gasteiger partial charge in [-0.05, 0) is 44.2 Å². The molecule has 1 aromatic heterocycles. The van der Waals surface area contributed by atoms with Crippen LogP contribution in [0.1, 0.15) is 24.5 Å². The van der Waals surface area contributed by atoms with Crippen molar-refractivity contribution in [1.29, 1.82) is 0 Å². The molecule has 2 aromatic rings. The van der Waals surface area contributed by atoms with Crippen molar-refractivity contribution in [2.24, 2.45) is 5.14 Å². The Hall–Kier alpha value is -1.99. The molecule has 0 saturated carbocycles. The van der Waals surface area contributed by atoms with Gasteiger partial charge in [0.25, 0.3) is 0 Å². The predicted molar refractivity (Wildman–Crippen MR) is 77.7 cm³/mol. The summed E-state index contributed by atoms with van der Waals surface area (Å²) < 4.78 is 28.0. The number of anilines is 2. The normalized spacial score (nSPS) is 13.2. The van der Waals surface area contributed by atoms with Crippen molar-refractivity contribution in [3.8, 4) is 0 Å². The Morgan fingerprint density at radius 2 is 1.95 bits per heavy atom. The number of nitrogen functional groups attached to an aromatic ring is 1. The monoisotopic (exact) mass is 295 g/mol. The third-order valence-corrected chi connectivity index (χ3v) is 3.82. The van der Waals surface area contributed by atoms with Gasteiger partial charge in [-0.2, -0.15) is 0 Å². The summed E-state index contributed by atoms with van der Waals surface area (Å²) in [6.07, 6.45) is 0. The van der Waals surface area contributed by atoms with Gasteiger partial charge < -0.3 is 15.5 Å². The lowest BCUT2D eigenvalue weighted by Crippen LogP contribution is -2.13. The maximum absolute atomic E-state index is 11.2. The summed E-state index contributed by atoms with van der Waals surface area (Å²) >= 11 is 0. The second-order valence-electron chi connectivity index (χ2n) is 4.61. The highest BCUT2D eigenvalue weighted by Gasteiger charge is 2.13. The fraction of sp³-hybridized carbons (Fsp3) is 0.231. The molecule has 0 radical (unpaired) electrons. The first kappa shape index (κ1) is 14.4. The zero-order chi connectivity index (χ0) is 14.9. The molecule has 1 heterocycles. The zero-order valence-corrected chi connectivity index (χ0v) is 12.1. The van der Waals surface area contributed by atoms with Gasteiger partial charge in [-0.15, -0.1) is 0 Å². The van der Waals surface area contributed by atoms with Crippen LogP contribution in [-0.2, 0) is 10.0 Å². The Morgan fingerprint density at radius 3 is 2.45 bits per heavy atom. The molecule has 0 aliphatic heterocycles. The summed E-state index contributed by atoms with van der Waals surface area (Å²) in [7, 11) is -3.75. The largest absolute Gasteiger partial charge is 0.464 e. The zero-order valence-electron chi connectivity index (χ0n) is 11.3. The lowest BCUT2D eigenvalue weighted by atomic mass is 10.2. The van der Waals surface area contributed by atoms with Crippen LogP contribution in [0.15, 0.2) is 39.6 Å². The van der Waals surface area contributed by atoms with Gasteiger partial charge >= 0.3 is 0 Å². The molecule has 7 heteroatoms. The number of rotatable bonds is 4. The lowest BCUT2D eigenvalue weighted by molar-refractivity contribution is 0.467. The highest BCUT2D eigenvalue weighted by atomic mass is 32.2. The summed E-state index contributed by atoms with van der Waals surface area (Å²) in [4.78, 5) is -0.0120. The Balaban J connectivity index is 2.22. The lowest BCUT2D eigenvalue weighted by Gasteiger charge is -2.15. The Morgan fingerprint density at radius 1 is 1.25 bits per heavy atom. The molecule has 1 aromatic carbocycles. The third-order valence-electron chi connectivity index (χ3n) is 2.91. The van der Waals surface area contributed by atoms with Crippen molar-refractivity contribution in [3.05, 3.63) is 41.9 Å². The third kappa shape index (κ3) is 3.12. The molecular formula is C13H17N3O3S. The van der Waals surface area contributed by atoms with E-state index in [9.17, 15) is 8.42 Å². The van der Waals surface area contributed by atoms with E-state index in [1.807, 2.05) is 26.0 Å². The summed E-state index contributed by atoms with van der Waals surface area (Å²) in [5.74, 6) is 1.60. The average molecular weight is 295 g/mol. The summed E-state index contributed by atoms with van der Waals surface area (Å²) in [6.45, 7) is 3.79. The highest BCUT2D eigenvalue weighted by Crippen LogP contribution is 2.27. The number of hydrogen-bond donors (Lipinski definition) is 3. The summed E-state index contributed by atoms with van der Waals surface area (Å²) in [6, 6.07) is 7.99. The van der Waals surface area contributed by atoms with Crippen molar-refractivity contribution in [2.45, 2.75) is 24.8 Å². The smallest absolute Gasteiger partial charge is 0.238 e. The minimum absolute atomic E-state index is 0.0120. The number of aryl methyl sites for hydroxylation is 1. The maximum Gasteiger partial charge on any atom is 0.238 e. The minimum atomic E-state index is -3.75. The number of nitrogens with one attached hydrogen (secondary N) is 1. The van der Waals surface area contributed by atoms with E-state index in [0.29, 0.717) is 11.4 Å². The van der Waals surface area contributed by atoms with E-state index in [4.69, 9.17) is 15.3 Å². The van der Waals surface area contributed by atoms with Gasteiger partial charge in [0.15, 0.2) is 0 Å². The second kappa shape index (κ2) is 5.18. The molecule has 1 atom stereocenters. The molecule has 0 amide bonds. The van der Waals surface area contributed by atoms with Crippen LogP contribution in [0.4, 0.5) is 11.4 Å². The first-order valence-corrected chi connectivity index (χ1v) is 7.57. The van der Waals surface area contributed by atoms with E-state index >= 15 is 0 Å². The van der Waals surface area contributed by atoms with Crippen molar-refractivity contribution in [1.82, 2.24) is 0 Å². The minimum Gasteiger partial charge on any atom is -0.464 e. The molecule has 0 saturated heterocycles. The van der Waals surface area contributed by atoms with Crippen LogP contribution in [0.5, 0.6) is 0 Å². The molecule has 0 bridgehead atoms. The van der Waals surface area contributed by atoms with Crippen LogP contribution < -0.4 is 16.2 Å². The predicted octanol–water partition coefficient (Wildman–Crippen LogP) is 1.99. The molecule has 0 aliphatic rings. The van der Waals surface area contributed by atoms with Crippen LogP contribution in [0.25, 0.3) is 0 Å².